The topological polar surface area (TPSA) is 112 Å². The van der Waals surface area contributed by atoms with Gasteiger partial charge in [0.2, 0.25) is 6.19 Å². The average molecular weight is 633 g/mol. The SMILES string of the molecule is C[C@@H]1Cc2nn3c(c2CN1C(=O)c1ccc(Cl)c(C(F)(F)F)c1)C(=O)N([C@@H](C)c1ccc([S@@](C)(=O)=NC#N)cc1)C[C@H]3C. The quantitative estimate of drug-likeness (QED) is 0.335. The Labute approximate surface area is 252 Å². The number of nitriles is 1. The summed E-state index contributed by atoms with van der Waals surface area (Å²) in [6.07, 6.45) is -1.42. The molecule has 5 rings (SSSR count). The lowest BCUT2D eigenvalue weighted by Crippen LogP contribution is -2.45. The Balaban J connectivity index is 1.45. The van der Waals surface area contributed by atoms with Gasteiger partial charge in [-0.1, -0.05) is 23.7 Å². The van der Waals surface area contributed by atoms with Crippen molar-refractivity contribution in [1.29, 1.82) is 5.26 Å². The number of carbonyl (C=O) groups is 2. The summed E-state index contributed by atoms with van der Waals surface area (Å²) >= 11 is 5.76. The van der Waals surface area contributed by atoms with Crippen LogP contribution in [-0.4, -0.2) is 54.4 Å². The molecule has 0 saturated heterocycles. The van der Waals surface area contributed by atoms with Crippen LogP contribution in [0.3, 0.4) is 0 Å². The van der Waals surface area contributed by atoms with Crippen LogP contribution in [0.25, 0.3) is 0 Å². The third-order valence-electron chi connectivity index (χ3n) is 8.04. The van der Waals surface area contributed by atoms with E-state index in [1.165, 1.54) is 17.2 Å². The molecule has 43 heavy (non-hydrogen) atoms. The highest BCUT2D eigenvalue weighted by Gasteiger charge is 2.41. The Bertz CT molecular complexity index is 1790. The number of halogens is 4. The Morgan fingerprint density at radius 2 is 1.86 bits per heavy atom. The third kappa shape index (κ3) is 5.49. The highest BCUT2D eigenvalue weighted by molar-refractivity contribution is 7.93. The van der Waals surface area contributed by atoms with Crippen LogP contribution in [-0.2, 0) is 28.9 Å². The zero-order chi connectivity index (χ0) is 31.4. The molecular formula is C29H28ClF3N6O3S. The molecular weight excluding hydrogens is 605 g/mol. The molecule has 0 spiro atoms. The molecule has 3 aromatic rings. The lowest BCUT2D eigenvalue weighted by molar-refractivity contribution is -0.137. The fourth-order valence-electron chi connectivity index (χ4n) is 5.65. The molecule has 0 N–H and O–H groups in total. The Kier molecular flexibility index (Phi) is 7.81. The lowest BCUT2D eigenvalue weighted by Gasteiger charge is -2.37. The molecule has 226 valence electrons. The molecule has 3 heterocycles. The summed E-state index contributed by atoms with van der Waals surface area (Å²) in [5.41, 5.74) is 1.15. The van der Waals surface area contributed by atoms with E-state index in [9.17, 15) is 27.0 Å². The summed E-state index contributed by atoms with van der Waals surface area (Å²) in [4.78, 5) is 31.0. The van der Waals surface area contributed by atoms with Crippen LogP contribution in [0.15, 0.2) is 51.7 Å². The molecule has 0 bridgehead atoms. The molecule has 2 aliphatic heterocycles. The van der Waals surface area contributed by atoms with Crippen molar-refractivity contribution >= 4 is 33.1 Å². The number of hydrogen-bond donors (Lipinski definition) is 0. The number of fused-ring (bicyclic) bond motifs is 3. The number of rotatable bonds is 4. The molecule has 2 aliphatic rings. The number of aromatic nitrogens is 2. The van der Waals surface area contributed by atoms with Crippen LogP contribution in [0, 0.1) is 11.5 Å². The summed E-state index contributed by atoms with van der Waals surface area (Å²) < 4.78 is 58.2. The van der Waals surface area contributed by atoms with Gasteiger partial charge in [0.25, 0.3) is 11.8 Å². The van der Waals surface area contributed by atoms with Crippen LogP contribution >= 0.6 is 11.6 Å². The highest BCUT2D eigenvalue weighted by Crippen LogP contribution is 2.38. The first-order valence-corrected chi connectivity index (χ1v) is 15.7. The van der Waals surface area contributed by atoms with E-state index in [4.69, 9.17) is 22.0 Å². The molecule has 0 fully saturated rings. The van der Waals surface area contributed by atoms with Gasteiger partial charge in [0, 0.05) is 41.3 Å². The number of carbonyl (C=O) groups excluding carboxylic acids is 2. The van der Waals surface area contributed by atoms with Crippen molar-refractivity contribution in [2.24, 2.45) is 4.36 Å². The maximum Gasteiger partial charge on any atom is 0.417 e. The van der Waals surface area contributed by atoms with E-state index in [1.807, 2.05) is 13.8 Å². The molecule has 9 nitrogen and oxygen atoms in total. The third-order valence-corrected chi connectivity index (χ3v) is 9.95. The van der Waals surface area contributed by atoms with Crippen molar-refractivity contribution < 1.29 is 27.0 Å². The van der Waals surface area contributed by atoms with E-state index in [-0.39, 0.29) is 36.1 Å². The van der Waals surface area contributed by atoms with Gasteiger partial charge in [0.15, 0.2) is 0 Å². The summed E-state index contributed by atoms with van der Waals surface area (Å²) in [5, 5.41) is 13.1. The predicted molar refractivity (Wildman–Crippen MR) is 153 cm³/mol. The molecule has 0 saturated carbocycles. The zero-order valence-corrected chi connectivity index (χ0v) is 25.3. The number of benzene rings is 2. The van der Waals surface area contributed by atoms with E-state index in [2.05, 4.69) is 4.36 Å². The van der Waals surface area contributed by atoms with E-state index in [1.54, 1.807) is 47.0 Å². The van der Waals surface area contributed by atoms with E-state index < -0.39 is 32.4 Å². The lowest BCUT2D eigenvalue weighted by atomic mass is 9.96. The van der Waals surface area contributed by atoms with Gasteiger partial charge in [0.05, 0.1) is 44.6 Å². The Morgan fingerprint density at radius 3 is 2.49 bits per heavy atom. The predicted octanol–water partition coefficient (Wildman–Crippen LogP) is 5.86. The first-order chi connectivity index (χ1) is 20.1. The first-order valence-electron chi connectivity index (χ1n) is 13.4. The number of alkyl halides is 3. The fourth-order valence-corrected chi connectivity index (χ4v) is 6.77. The number of nitrogens with zero attached hydrogens (tertiary/aromatic N) is 6. The monoisotopic (exact) mass is 632 g/mol. The van der Waals surface area contributed by atoms with Gasteiger partial charge >= 0.3 is 6.18 Å². The minimum atomic E-state index is -4.72. The standard InChI is InChI=1S/C29H28ClF3N6O3S/c1-16-11-25-22(14-37(16)27(40)20-7-10-24(30)23(12-20)29(31,32)33)26-28(41)38(13-17(2)39(26)36-25)18(3)19-5-8-21(9-6-19)43(4,42)35-15-34/h5-10,12,16-18H,11,13-14H2,1-4H3/t16-,17-,18+,43-/m1/s1. The maximum absolute atomic E-state index is 14.0. The van der Waals surface area contributed by atoms with Crippen molar-refractivity contribution in [3.05, 3.63) is 81.1 Å². The van der Waals surface area contributed by atoms with Crippen molar-refractivity contribution in [2.45, 2.75) is 62.9 Å². The van der Waals surface area contributed by atoms with Gasteiger partial charge in [-0.15, -0.1) is 4.36 Å². The normalized spacial score (nSPS) is 20.5. The zero-order valence-electron chi connectivity index (χ0n) is 23.7. The Hall–Kier alpha value is -3.89. The highest BCUT2D eigenvalue weighted by atomic mass is 35.5. The minimum absolute atomic E-state index is 0.0112. The molecule has 0 radical (unpaired) electrons. The molecule has 14 heteroatoms. The second-order valence-electron chi connectivity index (χ2n) is 10.9. The average Bonchev–Trinajstić information content (AvgIpc) is 3.32. The van der Waals surface area contributed by atoms with E-state index >= 15 is 0 Å². The minimum Gasteiger partial charge on any atom is -0.331 e. The molecule has 4 atom stereocenters. The van der Waals surface area contributed by atoms with Crippen molar-refractivity contribution in [1.82, 2.24) is 19.6 Å². The maximum atomic E-state index is 14.0. The van der Waals surface area contributed by atoms with Crippen molar-refractivity contribution in [3.63, 3.8) is 0 Å². The molecule has 0 unspecified atom stereocenters. The smallest absolute Gasteiger partial charge is 0.331 e. The van der Waals surface area contributed by atoms with E-state index in [0.717, 1.165) is 17.7 Å². The van der Waals surface area contributed by atoms with Crippen LogP contribution < -0.4 is 0 Å². The second-order valence-corrected chi connectivity index (χ2v) is 13.6. The summed E-state index contributed by atoms with van der Waals surface area (Å²) in [6.45, 7) is 5.98. The van der Waals surface area contributed by atoms with Gasteiger partial charge in [-0.3, -0.25) is 14.3 Å². The van der Waals surface area contributed by atoms with E-state index in [0.29, 0.717) is 34.8 Å². The van der Waals surface area contributed by atoms with Crippen molar-refractivity contribution in [2.75, 3.05) is 12.8 Å². The second kappa shape index (κ2) is 11.0. The van der Waals surface area contributed by atoms with Crippen LogP contribution in [0.4, 0.5) is 13.2 Å². The van der Waals surface area contributed by atoms with Gasteiger partial charge < -0.3 is 9.80 Å². The van der Waals surface area contributed by atoms with Crippen molar-refractivity contribution in [3.8, 4) is 6.19 Å². The molecule has 2 aromatic carbocycles. The number of amides is 2. The van der Waals surface area contributed by atoms with Gasteiger partial charge in [-0.2, -0.15) is 23.5 Å². The Morgan fingerprint density at radius 1 is 1.19 bits per heavy atom. The van der Waals surface area contributed by atoms with Gasteiger partial charge in [-0.05, 0) is 56.7 Å². The van der Waals surface area contributed by atoms with Crippen LogP contribution in [0.2, 0.25) is 5.02 Å². The summed E-state index contributed by atoms with van der Waals surface area (Å²) in [7, 11) is -2.86. The fraction of sp³-hybridized carbons (Fsp3) is 0.379. The molecule has 1 aromatic heterocycles. The molecule has 2 amide bonds. The number of hydrogen-bond acceptors (Lipinski definition) is 6. The first kappa shape index (κ1) is 30.6. The van der Waals surface area contributed by atoms with Gasteiger partial charge in [0.1, 0.15) is 5.69 Å². The summed E-state index contributed by atoms with van der Waals surface area (Å²) in [5.74, 6) is -0.882. The van der Waals surface area contributed by atoms with Crippen LogP contribution in [0.5, 0.6) is 0 Å². The molecule has 0 aliphatic carbocycles. The van der Waals surface area contributed by atoms with Gasteiger partial charge in [-0.25, -0.2) is 4.21 Å². The largest absolute Gasteiger partial charge is 0.417 e. The van der Waals surface area contributed by atoms with Crippen LogP contribution in [0.1, 0.15) is 76.1 Å². The summed E-state index contributed by atoms with van der Waals surface area (Å²) in [6, 6.07) is 8.91.